The van der Waals surface area contributed by atoms with E-state index in [1.165, 1.54) is 0 Å². The van der Waals surface area contributed by atoms with Crippen molar-refractivity contribution < 1.29 is 0 Å². The predicted octanol–water partition coefficient (Wildman–Crippen LogP) is 1.81. The minimum Gasteiger partial charge on any atom is -0.341 e. The Labute approximate surface area is 123 Å². The van der Waals surface area contributed by atoms with Gasteiger partial charge < -0.3 is 10.2 Å². The SMILES string of the molecule is Cc1ccccc1Nc1nc(NN)nc(N2CCCC2)n1. The maximum atomic E-state index is 5.46. The molecular weight excluding hydrogens is 266 g/mol. The van der Waals surface area contributed by atoms with E-state index in [2.05, 4.69) is 30.6 Å². The summed E-state index contributed by atoms with van der Waals surface area (Å²) in [5.41, 5.74) is 4.60. The first-order chi connectivity index (χ1) is 10.3. The molecule has 7 nitrogen and oxygen atoms in total. The van der Waals surface area contributed by atoms with Gasteiger partial charge in [0.2, 0.25) is 17.8 Å². The lowest BCUT2D eigenvalue weighted by molar-refractivity contribution is 0.882. The first kappa shape index (κ1) is 13.6. The average molecular weight is 285 g/mol. The van der Waals surface area contributed by atoms with Gasteiger partial charge in [0, 0.05) is 18.8 Å². The van der Waals surface area contributed by atoms with Crippen molar-refractivity contribution in [3.8, 4) is 0 Å². The zero-order valence-corrected chi connectivity index (χ0v) is 12.0. The summed E-state index contributed by atoms with van der Waals surface area (Å²) in [6.07, 6.45) is 2.33. The van der Waals surface area contributed by atoms with Crippen LogP contribution in [0.1, 0.15) is 18.4 Å². The van der Waals surface area contributed by atoms with Crippen LogP contribution in [0.3, 0.4) is 0 Å². The van der Waals surface area contributed by atoms with Crippen LogP contribution in [0.4, 0.5) is 23.5 Å². The summed E-state index contributed by atoms with van der Waals surface area (Å²) in [5, 5.41) is 3.23. The summed E-state index contributed by atoms with van der Waals surface area (Å²) in [4.78, 5) is 15.2. The molecule has 21 heavy (non-hydrogen) atoms. The van der Waals surface area contributed by atoms with Crippen LogP contribution in [0.15, 0.2) is 24.3 Å². The molecule has 1 fully saturated rings. The van der Waals surface area contributed by atoms with Crippen molar-refractivity contribution in [1.29, 1.82) is 0 Å². The van der Waals surface area contributed by atoms with Crippen LogP contribution < -0.4 is 21.5 Å². The summed E-state index contributed by atoms with van der Waals surface area (Å²) in [6, 6.07) is 7.99. The maximum absolute atomic E-state index is 5.46. The lowest BCUT2D eigenvalue weighted by atomic mass is 10.2. The number of hydrogen-bond acceptors (Lipinski definition) is 7. The van der Waals surface area contributed by atoms with Crippen LogP contribution in [0.2, 0.25) is 0 Å². The fraction of sp³-hybridized carbons (Fsp3) is 0.357. The third-order valence-electron chi connectivity index (χ3n) is 3.53. The zero-order valence-electron chi connectivity index (χ0n) is 12.0. The van der Waals surface area contributed by atoms with Crippen molar-refractivity contribution >= 4 is 23.5 Å². The Morgan fingerprint density at radius 3 is 2.48 bits per heavy atom. The molecule has 7 heteroatoms. The third kappa shape index (κ3) is 3.03. The number of aryl methyl sites for hydroxylation is 1. The molecule has 3 rings (SSSR count). The fourth-order valence-corrected chi connectivity index (χ4v) is 2.38. The van der Waals surface area contributed by atoms with Crippen LogP contribution in [0.25, 0.3) is 0 Å². The first-order valence-corrected chi connectivity index (χ1v) is 7.06. The van der Waals surface area contributed by atoms with E-state index in [0.717, 1.165) is 37.2 Å². The number of benzene rings is 1. The van der Waals surface area contributed by atoms with Gasteiger partial charge in [0.1, 0.15) is 0 Å². The number of nitrogens with one attached hydrogen (secondary N) is 2. The van der Waals surface area contributed by atoms with Crippen LogP contribution in [0.5, 0.6) is 0 Å². The van der Waals surface area contributed by atoms with Gasteiger partial charge in [-0.15, -0.1) is 0 Å². The number of hydrogen-bond donors (Lipinski definition) is 3. The number of para-hydroxylation sites is 1. The molecule has 2 aromatic rings. The second-order valence-corrected chi connectivity index (χ2v) is 5.06. The first-order valence-electron chi connectivity index (χ1n) is 7.06. The van der Waals surface area contributed by atoms with Gasteiger partial charge in [-0.05, 0) is 31.4 Å². The molecule has 0 radical (unpaired) electrons. The van der Waals surface area contributed by atoms with Crippen molar-refractivity contribution in [2.75, 3.05) is 28.7 Å². The number of nitrogens with two attached hydrogens (primary N) is 1. The van der Waals surface area contributed by atoms with E-state index >= 15 is 0 Å². The number of aromatic nitrogens is 3. The molecule has 0 aliphatic carbocycles. The van der Waals surface area contributed by atoms with E-state index in [1.54, 1.807) is 0 Å². The quantitative estimate of drug-likeness (QED) is 0.582. The van der Waals surface area contributed by atoms with Gasteiger partial charge in [0.15, 0.2) is 0 Å². The largest absolute Gasteiger partial charge is 0.341 e. The number of nitrogen functional groups attached to an aromatic ring is 1. The Morgan fingerprint density at radius 2 is 1.76 bits per heavy atom. The van der Waals surface area contributed by atoms with E-state index in [4.69, 9.17) is 5.84 Å². The van der Waals surface area contributed by atoms with E-state index in [1.807, 2.05) is 31.2 Å². The van der Waals surface area contributed by atoms with Gasteiger partial charge in [-0.25, -0.2) is 5.84 Å². The maximum Gasteiger partial charge on any atom is 0.243 e. The average Bonchev–Trinajstić information content (AvgIpc) is 3.04. The molecule has 0 amide bonds. The molecule has 0 spiro atoms. The van der Waals surface area contributed by atoms with E-state index < -0.39 is 0 Å². The Balaban J connectivity index is 1.90. The molecule has 110 valence electrons. The molecule has 1 aliphatic heterocycles. The molecule has 1 aromatic carbocycles. The molecule has 0 bridgehead atoms. The normalized spacial score (nSPS) is 14.3. The highest BCUT2D eigenvalue weighted by molar-refractivity contribution is 5.59. The van der Waals surface area contributed by atoms with Crippen molar-refractivity contribution in [3.63, 3.8) is 0 Å². The van der Waals surface area contributed by atoms with Crippen LogP contribution in [0, 0.1) is 6.92 Å². The molecule has 2 heterocycles. The van der Waals surface area contributed by atoms with Crippen molar-refractivity contribution in [2.45, 2.75) is 19.8 Å². The highest BCUT2D eigenvalue weighted by Gasteiger charge is 2.17. The lowest BCUT2D eigenvalue weighted by Gasteiger charge is -2.17. The summed E-state index contributed by atoms with van der Waals surface area (Å²) in [6.45, 7) is 3.97. The van der Waals surface area contributed by atoms with Gasteiger partial charge in [-0.1, -0.05) is 18.2 Å². The minimum atomic E-state index is 0.364. The molecule has 0 unspecified atom stereocenters. The summed E-state index contributed by atoms with van der Waals surface area (Å²) in [7, 11) is 0. The van der Waals surface area contributed by atoms with Gasteiger partial charge >= 0.3 is 0 Å². The molecular formula is C14H19N7. The monoisotopic (exact) mass is 285 g/mol. The van der Waals surface area contributed by atoms with Crippen molar-refractivity contribution in [2.24, 2.45) is 5.84 Å². The summed E-state index contributed by atoms with van der Waals surface area (Å²) < 4.78 is 0. The molecule has 1 saturated heterocycles. The van der Waals surface area contributed by atoms with Gasteiger partial charge in [0.25, 0.3) is 0 Å². The molecule has 1 aliphatic rings. The van der Waals surface area contributed by atoms with Crippen LogP contribution in [-0.4, -0.2) is 28.0 Å². The number of anilines is 4. The topological polar surface area (TPSA) is 92.0 Å². The molecule has 0 saturated carbocycles. The second kappa shape index (κ2) is 5.92. The molecule has 4 N–H and O–H groups in total. The van der Waals surface area contributed by atoms with Crippen molar-refractivity contribution in [3.05, 3.63) is 29.8 Å². The van der Waals surface area contributed by atoms with E-state index in [9.17, 15) is 0 Å². The van der Waals surface area contributed by atoms with E-state index in [0.29, 0.717) is 17.8 Å². The Morgan fingerprint density at radius 1 is 1.05 bits per heavy atom. The van der Waals surface area contributed by atoms with Crippen LogP contribution >= 0.6 is 0 Å². The Bertz CT molecular complexity index is 622. The molecule has 0 atom stereocenters. The van der Waals surface area contributed by atoms with Gasteiger partial charge in [0.05, 0.1) is 0 Å². The lowest BCUT2D eigenvalue weighted by Crippen LogP contribution is -2.23. The Hall–Kier alpha value is -2.41. The zero-order chi connectivity index (χ0) is 14.7. The van der Waals surface area contributed by atoms with E-state index in [-0.39, 0.29) is 0 Å². The van der Waals surface area contributed by atoms with Gasteiger partial charge in [-0.2, -0.15) is 15.0 Å². The number of nitrogens with zero attached hydrogens (tertiary/aromatic N) is 4. The highest BCUT2D eigenvalue weighted by Crippen LogP contribution is 2.22. The highest BCUT2D eigenvalue weighted by atomic mass is 15.4. The standard InChI is InChI=1S/C14H19N7/c1-10-6-2-3-7-11(10)16-12-17-13(20-15)19-14(18-12)21-8-4-5-9-21/h2-3,6-7H,4-5,8-9,15H2,1H3,(H2,16,17,18,19,20). The van der Waals surface area contributed by atoms with Gasteiger partial charge in [-0.3, -0.25) is 5.43 Å². The fourth-order valence-electron chi connectivity index (χ4n) is 2.38. The third-order valence-corrected chi connectivity index (χ3v) is 3.53. The predicted molar refractivity (Wildman–Crippen MR) is 83.5 cm³/mol. The molecule has 1 aromatic heterocycles. The van der Waals surface area contributed by atoms with Crippen LogP contribution in [-0.2, 0) is 0 Å². The number of hydrazine groups is 1. The summed E-state index contributed by atoms with van der Waals surface area (Å²) >= 11 is 0. The Kier molecular flexibility index (Phi) is 3.83. The smallest absolute Gasteiger partial charge is 0.243 e. The minimum absolute atomic E-state index is 0.364. The second-order valence-electron chi connectivity index (χ2n) is 5.06. The number of rotatable bonds is 4. The van der Waals surface area contributed by atoms with Crippen molar-refractivity contribution in [1.82, 2.24) is 15.0 Å². The summed E-state index contributed by atoms with van der Waals surface area (Å²) in [5.74, 6) is 6.98.